The molecule has 0 saturated heterocycles. The maximum Gasteiger partial charge on any atom is 0.151 e. The van der Waals surface area contributed by atoms with Crippen LogP contribution in [0.2, 0.25) is 0 Å². The van der Waals surface area contributed by atoms with Crippen LogP contribution in [-0.2, 0) is 0 Å². The van der Waals surface area contributed by atoms with Gasteiger partial charge >= 0.3 is 0 Å². The third-order valence-corrected chi connectivity index (χ3v) is 3.33. The number of imidazole rings is 1. The minimum atomic E-state index is -0.865. The maximum atomic E-state index is 9.94. The van der Waals surface area contributed by atoms with E-state index in [1.165, 1.54) is 0 Å². The Kier molecular flexibility index (Phi) is 2.36. The number of anilines is 1. The molecule has 0 saturated carbocycles. The van der Waals surface area contributed by atoms with Crippen LogP contribution >= 0.6 is 0 Å². The normalized spacial score (nSPS) is 27.2. The molecule has 1 unspecified atom stereocenters. The van der Waals surface area contributed by atoms with Gasteiger partial charge in [0.05, 0.1) is 17.9 Å². The first-order chi connectivity index (χ1) is 8.59. The first-order valence-corrected chi connectivity index (χ1v) is 5.71. The molecule has 0 bridgehead atoms. The zero-order valence-electron chi connectivity index (χ0n) is 9.85. The molecule has 2 aromatic heterocycles. The van der Waals surface area contributed by atoms with Crippen molar-refractivity contribution >= 4 is 16.9 Å². The third-order valence-electron chi connectivity index (χ3n) is 3.33. The molecule has 1 aliphatic rings. The smallest absolute Gasteiger partial charge is 0.151 e. The number of aryl methyl sites for hydroxylation is 1. The van der Waals surface area contributed by atoms with Crippen LogP contribution in [0.1, 0.15) is 11.6 Å². The number of nitrogens with zero attached hydrogens (tertiary/aromatic N) is 3. The third kappa shape index (κ3) is 1.43. The second-order valence-corrected chi connectivity index (χ2v) is 4.53. The summed E-state index contributed by atoms with van der Waals surface area (Å²) in [6, 6.07) is -0.328. The van der Waals surface area contributed by atoms with Gasteiger partial charge in [-0.1, -0.05) is 12.2 Å². The molecule has 6 nitrogen and oxygen atoms in total. The monoisotopic (exact) mass is 246 g/mol. The van der Waals surface area contributed by atoms with E-state index in [-0.39, 0.29) is 6.04 Å². The van der Waals surface area contributed by atoms with Crippen LogP contribution in [0.3, 0.4) is 0 Å². The van der Waals surface area contributed by atoms with Crippen molar-refractivity contribution in [2.45, 2.75) is 25.2 Å². The zero-order chi connectivity index (χ0) is 12.9. The van der Waals surface area contributed by atoms with Gasteiger partial charge < -0.3 is 20.5 Å². The summed E-state index contributed by atoms with van der Waals surface area (Å²) in [7, 11) is 0. The molecule has 2 heterocycles. The number of hydrogen-bond acceptors (Lipinski definition) is 5. The highest BCUT2D eigenvalue weighted by molar-refractivity contribution is 5.87. The van der Waals surface area contributed by atoms with E-state index in [4.69, 9.17) is 5.73 Å². The van der Waals surface area contributed by atoms with Gasteiger partial charge in [-0.05, 0) is 12.5 Å². The molecule has 1 aliphatic carbocycles. The quantitative estimate of drug-likeness (QED) is 0.622. The number of aliphatic hydroxyl groups is 2. The molecule has 0 spiro atoms. The lowest BCUT2D eigenvalue weighted by Crippen LogP contribution is -2.27. The molecular weight excluding hydrogens is 232 g/mol. The van der Waals surface area contributed by atoms with Crippen molar-refractivity contribution in [3.8, 4) is 0 Å². The number of aromatic nitrogens is 3. The van der Waals surface area contributed by atoms with Gasteiger partial charge in [-0.25, -0.2) is 9.97 Å². The summed E-state index contributed by atoms with van der Waals surface area (Å²) in [5.41, 5.74) is 8.17. The molecule has 3 atom stereocenters. The Morgan fingerprint density at radius 3 is 2.72 bits per heavy atom. The Labute approximate surface area is 103 Å². The van der Waals surface area contributed by atoms with Gasteiger partial charge in [0.1, 0.15) is 17.7 Å². The van der Waals surface area contributed by atoms with E-state index in [0.717, 1.165) is 11.1 Å². The van der Waals surface area contributed by atoms with E-state index < -0.39 is 12.2 Å². The highest BCUT2D eigenvalue weighted by atomic mass is 16.3. The Morgan fingerprint density at radius 2 is 2.06 bits per heavy atom. The SMILES string of the molecule is Cc1cnc(N)c2ncn(C3C=C[C@@H](O)[C@@H]3O)c12. The predicted molar refractivity (Wildman–Crippen MR) is 66.9 cm³/mol. The molecule has 0 fully saturated rings. The second kappa shape index (κ2) is 3.79. The van der Waals surface area contributed by atoms with Gasteiger partial charge in [0.15, 0.2) is 5.82 Å². The summed E-state index contributed by atoms with van der Waals surface area (Å²) in [6.07, 6.45) is 4.94. The van der Waals surface area contributed by atoms with E-state index in [9.17, 15) is 10.2 Å². The van der Waals surface area contributed by atoms with Crippen LogP contribution in [0, 0.1) is 6.92 Å². The van der Waals surface area contributed by atoms with Crippen LogP contribution in [0.15, 0.2) is 24.7 Å². The van der Waals surface area contributed by atoms with Crippen LogP contribution in [-0.4, -0.2) is 37.0 Å². The molecule has 0 amide bonds. The summed E-state index contributed by atoms with van der Waals surface area (Å²) in [6.45, 7) is 1.91. The van der Waals surface area contributed by atoms with Crippen molar-refractivity contribution in [1.29, 1.82) is 0 Å². The zero-order valence-corrected chi connectivity index (χ0v) is 9.85. The van der Waals surface area contributed by atoms with Crippen LogP contribution in [0.4, 0.5) is 5.82 Å². The van der Waals surface area contributed by atoms with E-state index >= 15 is 0 Å². The summed E-state index contributed by atoms with van der Waals surface area (Å²) in [5.74, 6) is 0.367. The van der Waals surface area contributed by atoms with Crippen molar-refractivity contribution in [3.63, 3.8) is 0 Å². The van der Waals surface area contributed by atoms with Gasteiger partial charge in [0.25, 0.3) is 0 Å². The Morgan fingerprint density at radius 1 is 1.28 bits per heavy atom. The Balaban J connectivity index is 2.19. The molecule has 0 aliphatic heterocycles. The van der Waals surface area contributed by atoms with Crippen molar-refractivity contribution < 1.29 is 10.2 Å². The van der Waals surface area contributed by atoms with E-state index in [0.29, 0.717) is 11.3 Å². The number of pyridine rings is 1. The molecule has 4 N–H and O–H groups in total. The number of aliphatic hydroxyl groups excluding tert-OH is 2. The van der Waals surface area contributed by atoms with Crippen LogP contribution < -0.4 is 5.73 Å². The summed E-state index contributed by atoms with van der Waals surface area (Å²) < 4.78 is 1.82. The fourth-order valence-electron chi connectivity index (χ4n) is 2.37. The minimum absolute atomic E-state index is 0.328. The van der Waals surface area contributed by atoms with Crippen LogP contribution in [0.25, 0.3) is 11.0 Å². The van der Waals surface area contributed by atoms with E-state index in [2.05, 4.69) is 9.97 Å². The minimum Gasteiger partial charge on any atom is -0.388 e. The Bertz CT molecular complexity index is 634. The highest BCUT2D eigenvalue weighted by Crippen LogP contribution is 2.30. The topological polar surface area (TPSA) is 97.2 Å². The molecule has 6 heteroatoms. The Hall–Kier alpha value is -1.92. The van der Waals surface area contributed by atoms with Gasteiger partial charge in [0.2, 0.25) is 0 Å². The number of fused-ring (bicyclic) bond motifs is 1. The summed E-state index contributed by atoms with van der Waals surface area (Å²) >= 11 is 0. The number of nitrogen functional groups attached to an aromatic ring is 1. The van der Waals surface area contributed by atoms with Crippen molar-refractivity contribution in [3.05, 3.63) is 30.2 Å². The van der Waals surface area contributed by atoms with Gasteiger partial charge in [0, 0.05) is 6.20 Å². The number of hydrogen-bond donors (Lipinski definition) is 3. The fourth-order valence-corrected chi connectivity index (χ4v) is 2.37. The first-order valence-electron chi connectivity index (χ1n) is 5.71. The number of nitrogens with two attached hydrogens (primary N) is 1. The summed E-state index contributed by atoms with van der Waals surface area (Å²) in [4.78, 5) is 8.28. The largest absolute Gasteiger partial charge is 0.388 e. The van der Waals surface area contributed by atoms with E-state index in [1.54, 1.807) is 24.7 Å². The van der Waals surface area contributed by atoms with E-state index in [1.807, 2.05) is 11.5 Å². The maximum absolute atomic E-state index is 9.94. The van der Waals surface area contributed by atoms with Gasteiger partial charge in [-0.2, -0.15) is 0 Å². The fraction of sp³-hybridized carbons (Fsp3) is 0.333. The first kappa shape index (κ1) is 11.2. The molecule has 0 aromatic carbocycles. The molecule has 3 rings (SSSR count). The lowest BCUT2D eigenvalue weighted by Gasteiger charge is -2.19. The highest BCUT2D eigenvalue weighted by Gasteiger charge is 2.31. The molecular formula is C12H14N4O2. The molecule has 94 valence electrons. The van der Waals surface area contributed by atoms with Gasteiger partial charge in [-0.15, -0.1) is 0 Å². The predicted octanol–water partition coefficient (Wildman–Crippen LogP) is 0.155. The molecule has 2 aromatic rings. The van der Waals surface area contributed by atoms with Crippen LogP contribution in [0.5, 0.6) is 0 Å². The second-order valence-electron chi connectivity index (χ2n) is 4.53. The lowest BCUT2D eigenvalue weighted by atomic mass is 10.1. The average Bonchev–Trinajstić information content (AvgIpc) is 2.91. The lowest BCUT2D eigenvalue weighted by molar-refractivity contribution is 0.0376. The molecule has 0 radical (unpaired) electrons. The number of rotatable bonds is 1. The van der Waals surface area contributed by atoms with Crippen molar-refractivity contribution in [2.75, 3.05) is 5.73 Å². The molecule has 18 heavy (non-hydrogen) atoms. The standard InChI is InChI=1S/C12H14N4O2/c1-6-4-14-12(13)9-10(6)16(5-15-9)7-2-3-8(17)11(7)18/h2-5,7-8,11,17-18H,1H3,(H2,13,14)/t7?,8-,11-/m1/s1. The average molecular weight is 246 g/mol. The van der Waals surface area contributed by atoms with Gasteiger partial charge in [-0.3, -0.25) is 0 Å². The summed E-state index contributed by atoms with van der Waals surface area (Å²) in [5, 5.41) is 19.5. The van der Waals surface area contributed by atoms with Crippen molar-refractivity contribution in [2.24, 2.45) is 0 Å². The van der Waals surface area contributed by atoms with Crippen molar-refractivity contribution in [1.82, 2.24) is 14.5 Å².